The molecule has 2 aromatic rings. The van der Waals surface area contributed by atoms with E-state index in [0.29, 0.717) is 5.92 Å². The fraction of sp³-hybridized carbons (Fsp3) is 0.520. The molecular formula is C25H35N3O2. The van der Waals surface area contributed by atoms with E-state index in [1.165, 1.54) is 5.56 Å². The maximum Gasteiger partial charge on any atom is 0.253 e. The van der Waals surface area contributed by atoms with Gasteiger partial charge in [-0.2, -0.15) is 0 Å². The highest BCUT2D eigenvalue weighted by molar-refractivity contribution is 5.93. The van der Waals surface area contributed by atoms with Crippen molar-refractivity contribution in [2.45, 2.75) is 58.1 Å². The molecule has 0 aliphatic heterocycles. The summed E-state index contributed by atoms with van der Waals surface area (Å²) in [5.41, 5.74) is 2.83. The predicted octanol–water partition coefficient (Wildman–Crippen LogP) is 4.69. The highest BCUT2D eigenvalue weighted by atomic mass is 16.3. The summed E-state index contributed by atoms with van der Waals surface area (Å²) in [6.45, 7) is 6.30. The van der Waals surface area contributed by atoms with Crippen LogP contribution in [0, 0.1) is 11.8 Å². The fourth-order valence-corrected chi connectivity index (χ4v) is 4.27. The second kappa shape index (κ2) is 9.17. The molecule has 5 nitrogen and oxygen atoms in total. The number of aromatic nitrogens is 1. The Kier molecular flexibility index (Phi) is 6.81. The lowest BCUT2D eigenvalue weighted by molar-refractivity contribution is 0.0827. The first-order valence-electron chi connectivity index (χ1n) is 10.8. The molecule has 0 radical (unpaired) electrons. The monoisotopic (exact) mass is 409 g/mol. The van der Waals surface area contributed by atoms with Crippen molar-refractivity contribution in [3.63, 3.8) is 0 Å². The number of carbonyl (C=O) groups is 1. The van der Waals surface area contributed by atoms with E-state index < -0.39 is 6.10 Å². The highest BCUT2D eigenvalue weighted by Crippen LogP contribution is 2.40. The fourth-order valence-electron chi connectivity index (χ4n) is 4.27. The zero-order valence-corrected chi connectivity index (χ0v) is 18.9. The molecule has 3 rings (SSSR count). The molecule has 0 saturated heterocycles. The van der Waals surface area contributed by atoms with E-state index in [1.54, 1.807) is 25.2 Å². The van der Waals surface area contributed by atoms with E-state index in [9.17, 15) is 9.90 Å². The molecule has 1 unspecified atom stereocenters. The minimum atomic E-state index is -0.466. The second-order valence-corrected chi connectivity index (χ2v) is 9.84. The SMILES string of the molecule is CN(C)C(=O)c1ccc(CC2CC[C@H]([C@H](O)c3ccc(NC(C)(C)C)nc3)C2)cc1. The number of hydrogen-bond donors (Lipinski definition) is 2. The predicted molar refractivity (Wildman–Crippen MR) is 122 cm³/mol. The molecule has 1 aromatic carbocycles. The summed E-state index contributed by atoms with van der Waals surface area (Å²) in [5, 5.41) is 14.2. The van der Waals surface area contributed by atoms with Gasteiger partial charge in [-0.3, -0.25) is 4.79 Å². The standard InChI is InChI=1S/C25H35N3O2/c1-25(2,3)27-22-13-12-21(16-26-22)23(29)20-11-8-18(15-20)14-17-6-9-19(10-7-17)24(30)28(4)5/h6-7,9-10,12-13,16,18,20,23,29H,8,11,14-15H2,1-5H3,(H,26,27)/t18?,20-,23-/m0/s1. The Hall–Kier alpha value is -2.40. The van der Waals surface area contributed by atoms with Crippen molar-refractivity contribution in [3.8, 4) is 0 Å². The lowest BCUT2D eigenvalue weighted by Gasteiger charge is -2.22. The number of pyridine rings is 1. The summed E-state index contributed by atoms with van der Waals surface area (Å²) in [6, 6.07) is 11.9. The number of anilines is 1. The summed E-state index contributed by atoms with van der Waals surface area (Å²) in [7, 11) is 3.54. The third kappa shape index (κ3) is 5.82. The molecule has 1 aromatic heterocycles. The lowest BCUT2D eigenvalue weighted by Crippen LogP contribution is -2.26. The van der Waals surface area contributed by atoms with E-state index in [1.807, 2.05) is 24.3 Å². The molecule has 162 valence electrons. The summed E-state index contributed by atoms with van der Waals surface area (Å²) in [5.74, 6) is 1.70. The normalized spacial score (nSPS) is 20.1. The maximum atomic E-state index is 12.0. The Morgan fingerprint density at radius 3 is 2.43 bits per heavy atom. The number of nitrogens with zero attached hydrogens (tertiary/aromatic N) is 2. The third-order valence-electron chi connectivity index (χ3n) is 5.79. The van der Waals surface area contributed by atoms with Crippen LogP contribution in [0.1, 0.15) is 67.6 Å². The van der Waals surface area contributed by atoms with Gasteiger partial charge < -0.3 is 15.3 Å². The van der Waals surface area contributed by atoms with Crippen molar-refractivity contribution >= 4 is 11.7 Å². The van der Waals surface area contributed by atoms with Gasteiger partial charge in [0.25, 0.3) is 5.91 Å². The van der Waals surface area contributed by atoms with Crippen LogP contribution in [0.15, 0.2) is 42.6 Å². The van der Waals surface area contributed by atoms with E-state index in [2.05, 4.69) is 43.2 Å². The number of benzene rings is 1. The number of rotatable bonds is 6. The van der Waals surface area contributed by atoms with Gasteiger partial charge in [0.1, 0.15) is 5.82 Å². The molecule has 5 heteroatoms. The van der Waals surface area contributed by atoms with Crippen LogP contribution in [-0.2, 0) is 6.42 Å². The molecule has 1 aliphatic rings. The van der Waals surface area contributed by atoms with E-state index in [-0.39, 0.29) is 17.4 Å². The zero-order valence-electron chi connectivity index (χ0n) is 18.9. The minimum absolute atomic E-state index is 0.0305. The number of nitrogens with one attached hydrogen (secondary N) is 1. The third-order valence-corrected chi connectivity index (χ3v) is 5.79. The van der Waals surface area contributed by atoms with E-state index in [0.717, 1.165) is 42.6 Å². The van der Waals surface area contributed by atoms with Gasteiger partial charge in [-0.15, -0.1) is 0 Å². The van der Waals surface area contributed by atoms with Crippen LogP contribution in [0.3, 0.4) is 0 Å². The van der Waals surface area contributed by atoms with Crippen molar-refractivity contribution in [3.05, 3.63) is 59.3 Å². The first kappa shape index (κ1) is 22.3. The van der Waals surface area contributed by atoms with Crippen molar-refractivity contribution in [1.82, 2.24) is 9.88 Å². The number of hydrogen-bond acceptors (Lipinski definition) is 4. The van der Waals surface area contributed by atoms with Crippen LogP contribution in [0.25, 0.3) is 0 Å². The molecule has 0 bridgehead atoms. The highest BCUT2D eigenvalue weighted by Gasteiger charge is 2.31. The van der Waals surface area contributed by atoms with Gasteiger partial charge in [0.2, 0.25) is 0 Å². The van der Waals surface area contributed by atoms with Gasteiger partial charge in [-0.1, -0.05) is 18.2 Å². The first-order valence-corrected chi connectivity index (χ1v) is 10.8. The zero-order chi connectivity index (χ0) is 21.9. The molecule has 1 amide bonds. The summed E-state index contributed by atoms with van der Waals surface area (Å²) < 4.78 is 0. The van der Waals surface area contributed by atoms with Gasteiger partial charge >= 0.3 is 0 Å². The van der Waals surface area contributed by atoms with Crippen LogP contribution in [0.4, 0.5) is 5.82 Å². The van der Waals surface area contributed by atoms with Crippen LogP contribution in [0.5, 0.6) is 0 Å². The number of carbonyl (C=O) groups excluding carboxylic acids is 1. The molecule has 0 spiro atoms. The molecule has 30 heavy (non-hydrogen) atoms. The Bertz CT molecular complexity index is 838. The average molecular weight is 410 g/mol. The number of amides is 1. The lowest BCUT2D eigenvalue weighted by atomic mass is 9.92. The van der Waals surface area contributed by atoms with Crippen LogP contribution in [0.2, 0.25) is 0 Å². The van der Waals surface area contributed by atoms with E-state index in [4.69, 9.17) is 0 Å². The van der Waals surface area contributed by atoms with Crippen LogP contribution in [-0.4, -0.2) is 40.5 Å². The first-order chi connectivity index (χ1) is 14.1. The molecule has 1 aliphatic carbocycles. The Balaban J connectivity index is 1.55. The van der Waals surface area contributed by atoms with Crippen molar-refractivity contribution < 1.29 is 9.90 Å². The number of aliphatic hydroxyl groups is 1. The van der Waals surface area contributed by atoms with Gasteiger partial charge in [-0.25, -0.2) is 4.98 Å². The summed E-state index contributed by atoms with van der Waals surface area (Å²) >= 11 is 0. The minimum Gasteiger partial charge on any atom is -0.388 e. The second-order valence-electron chi connectivity index (χ2n) is 9.84. The number of aliphatic hydroxyl groups excluding tert-OH is 1. The van der Waals surface area contributed by atoms with Gasteiger partial charge in [0.15, 0.2) is 0 Å². The summed E-state index contributed by atoms with van der Waals surface area (Å²) in [6.07, 6.45) is 5.49. The largest absolute Gasteiger partial charge is 0.388 e. The topological polar surface area (TPSA) is 65.5 Å². The van der Waals surface area contributed by atoms with Gasteiger partial charge in [0, 0.05) is 31.4 Å². The average Bonchev–Trinajstić information content (AvgIpc) is 3.15. The summed E-state index contributed by atoms with van der Waals surface area (Å²) in [4.78, 5) is 18.1. The van der Waals surface area contributed by atoms with Gasteiger partial charge in [0.05, 0.1) is 6.10 Å². The smallest absolute Gasteiger partial charge is 0.253 e. The quantitative estimate of drug-likeness (QED) is 0.727. The Labute approximate surface area is 180 Å². The van der Waals surface area contributed by atoms with Crippen LogP contribution >= 0.6 is 0 Å². The molecule has 3 atom stereocenters. The Morgan fingerprint density at radius 2 is 1.87 bits per heavy atom. The molecule has 2 N–H and O–H groups in total. The molecule has 1 heterocycles. The van der Waals surface area contributed by atoms with Crippen molar-refractivity contribution in [2.24, 2.45) is 11.8 Å². The molecule has 1 saturated carbocycles. The van der Waals surface area contributed by atoms with Crippen molar-refractivity contribution in [1.29, 1.82) is 0 Å². The van der Waals surface area contributed by atoms with Crippen molar-refractivity contribution in [2.75, 3.05) is 19.4 Å². The van der Waals surface area contributed by atoms with Crippen LogP contribution < -0.4 is 5.32 Å². The molecule has 1 fully saturated rings. The maximum absolute atomic E-state index is 12.0. The molecular weight excluding hydrogens is 374 g/mol. The van der Waals surface area contributed by atoms with E-state index >= 15 is 0 Å². The van der Waals surface area contributed by atoms with Gasteiger partial charge in [-0.05, 0) is 87.6 Å². The Morgan fingerprint density at radius 1 is 1.17 bits per heavy atom.